The zero-order chi connectivity index (χ0) is 36.3. The van der Waals surface area contributed by atoms with Crippen molar-refractivity contribution in [3.63, 3.8) is 0 Å². The lowest BCUT2D eigenvalue weighted by Crippen LogP contribution is -2.24. The predicted molar refractivity (Wildman–Crippen MR) is 170 cm³/mol. The molecule has 0 amide bonds. The minimum Gasteiger partial charge on any atom is -0.429 e. The molecule has 0 spiro atoms. The Morgan fingerprint density at radius 1 is 0.500 bits per heavy atom. The maximum absolute atomic E-state index is 14.4. The summed E-state index contributed by atoms with van der Waals surface area (Å²) in [5.74, 6) is -10.2. The molecule has 0 heterocycles. The van der Waals surface area contributed by atoms with Crippen LogP contribution in [-0.4, -0.2) is 0 Å². The molecule has 2 fully saturated rings. The Morgan fingerprint density at radius 3 is 1.36 bits per heavy atom. The third-order valence-electron chi connectivity index (χ3n) is 9.77. The fraction of sp³-hybridized carbons (Fsp3) is 0.385. The standard InChI is InChI=1S/C20H18F6O.C19H18F4/c1-11-2-4-12(5-3-11)13-6-7-15(16(21)8-13)20(25,26)27-14-9-17(22)19(24)18(23)10-14;1-11-2-4-12(5-3-11)13-6-7-15(16(20)8-13)14-9-17(21)19(23)18(22)10-14/h6-12H,2-5H2,1H3;6-12H,2-5H2,1H3. The molecule has 0 saturated heterocycles. The smallest absolute Gasteiger partial charge is 0.429 e. The SMILES string of the molecule is CC1CCC(c2ccc(-c3cc(F)c(F)c(F)c3)c(F)c2)CC1.CC1CCC(c2ccc(C(F)(F)Oc3cc(F)c(F)c(F)c3)c(F)c2)CC1. The number of halogens is 10. The van der Waals surface area contributed by atoms with Crippen molar-refractivity contribution >= 4 is 0 Å². The minimum atomic E-state index is -4.18. The maximum Gasteiger partial charge on any atom is 0.429 e. The zero-order valence-electron chi connectivity index (χ0n) is 27.4. The summed E-state index contributed by atoms with van der Waals surface area (Å²) in [6.45, 7) is 4.36. The number of hydrogen-bond donors (Lipinski definition) is 0. The Kier molecular flexibility index (Phi) is 11.5. The Labute approximate surface area is 284 Å². The lowest BCUT2D eigenvalue weighted by atomic mass is 9.79. The van der Waals surface area contributed by atoms with Crippen LogP contribution in [0.5, 0.6) is 5.75 Å². The normalized spacial score (nSPS) is 21.0. The third kappa shape index (κ3) is 8.64. The molecular formula is C39H36F10O. The first kappa shape index (κ1) is 37.2. The van der Waals surface area contributed by atoms with Gasteiger partial charge in [0.1, 0.15) is 17.4 Å². The average Bonchev–Trinajstić information content (AvgIpc) is 3.06. The highest BCUT2D eigenvalue weighted by Gasteiger charge is 2.38. The molecule has 4 aromatic rings. The molecule has 1 nitrogen and oxygen atoms in total. The van der Waals surface area contributed by atoms with Gasteiger partial charge in [0.25, 0.3) is 0 Å². The van der Waals surface area contributed by atoms with Gasteiger partial charge in [0, 0.05) is 17.7 Å². The minimum absolute atomic E-state index is 0.00252. The summed E-state index contributed by atoms with van der Waals surface area (Å²) < 4.78 is 141. The molecule has 50 heavy (non-hydrogen) atoms. The van der Waals surface area contributed by atoms with E-state index in [1.165, 1.54) is 18.2 Å². The van der Waals surface area contributed by atoms with Crippen molar-refractivity contribution in [1.82, 2.24) is 0 Å². The van der Waals surface area contributed by atoms with E-state index in [4.69, 9.17) is 0 Å². The monoisotopic (exact) mass is 710 g/mol. The van der Waals surface area contributed by atoms with E-state index in [1.54, 1.807) is 6.07 Å². The van der Waals surface area contributed by atoms with Gasteiger partial charge >= 0.3 is 6.11 Å². The van der Waals surface area contributed by atoms with Crippen molar-refractivity contribution < 1.29 is 48.6 Å². The Hall–Kier alpha value is -4.02. The topological polar surface area (TPSA) is 9.23 Å². The van der Waals surface area contributed by atoms with Crippen molar-refractivity contribution in [2.45, 2.75) is 83.2 Å². The summed E-state index contributed by atoms with van der Waals surface area (Å²) in [5.41, 5.74) is 0.582. The van der Waals surface area contributed by atoms with E-state index in [9.17, 15) is 43.9 Å². The van der Waals surface area contributed by atoms with Crippen LogP contribution in [0.2, 0.25) is 0 Å². The van der Waals surface area contributed by atoms with Crippen LogP contribution in [0.15, 0.2) is 60.7 Å². The Bertz CT molecular complexity index is 1760. The van der Waals surface area contributed by atoms with Gasteiger partial charge < -0.3 is 4.74 Å². The van der Waals surface area contributed by atoms with Crippen molar-refractivity contribution in [1.29, 1.82) is 0 Å². The molecular weight excluding hydrogens is 674 g/mol. The molecule has 0 bridgehead atoms. The summed E-state index contributed by atoms with van der Waals surface area (Å²) in [5, 5.41) is 0. The summed E-state index contributed by atoms with van der Waals surface area (Å²) in [4.78, 5) is 0. The summed E-state index contributed by atoms with van der Waals surface area (Å²) >= 11 is 0. The molecule has 268 valence electrons. The lowest BCUT2D eigenvalue weighted by molar-refractivity contribution is -0.187. The fourth-order valence-corrected chi connectivity index (χ4v) is 6.73. The molecule has 2 aliphatic carbocycles. The second-order valence-corrected chi connectivity index (χ2v) is 13.5. The molecule has 11 heteroatoms. The van der Waals surface area contributed by atoms with Gasteiger partial charge in [0.15, 0.2) is 34.9 Å². The zero-order valence-corrected chi connectivity index (χ0v) is 27.4. The van der Waals surface area contributed by atoms with Crippen molar-refractivity contribution in [2.75, 3.05) is 0 Å². The van der Waals surface area contributed by atoms with Gasteiger partial charge in [-0.3, -0.25) is 0 Å². The largest absolute Gasteiger partial charge is 0.429 e. The van der Waals surface area contributed by atoms with Gasteiger partial charge in [-0.1, -0.05) is 57.7 Å². The van der Waals surface area contributed by atoms with E-state index in [0.29, 0.717) is 23.3 Å². The Balaban J connectivity index is 0.000000197. The molecule has 0 unspecified atom stereocenters. The molecule has 0 N–H and O–H groups in total. The van der Waals surface area contributed by atoms with Crippen molar-refractivity contribution in [3.8, 4) is 16.9 Å². The second-order valence-electron chi connectivity index (χ2n) is 13.5. The number of benzene rings is 4. The molecule has 2 saturated carbocycles. The van der Waals surface area contributed by atoms with Gasteiger partial charge in [0.05, 0.1) is 5.56 Å². The van der Waals surface area contributed by atoms with Gasteiger partial charge in [0.2, 0.25) is 0 Å². The molecule has 0 aromatic heterocycles. The summed E-state index contributed by atoms with van der Waals surface area (Å²) in [6, 6.07) is 10.4. The van der Waals surface area contributed by atoms with Crippen LogP contribution in [0.1, 0.15) is 93.7 Å². The summed E-state index contributed by atoms with van der Waals surface area (Å²) in [7, 11) is 0. The highest BCUT2D eigenvalue weighted by Crippen LogP contribution is 2.40. The second kappa shape index (κ2) is 15.5. The molecule has 0 aliphatic heterocycles. The number of alkyl halides is 2. The van der Waals surface area contributed by atoms with E-state index in [0.717, 1.165) is 81.2 Å². The highest BCUT2D eigenvalue weighted by molar-refractivity contribution is 5.65. The van der Waals surface area contributed by atoms with E-state index < -0.39 is 64.0 Å². The fourth-order valence-electron chi connectivity index (χ4n) is 6.73. The summed E-state index contributed by atoms with van der Waals surface area (Å²) in [6.07, 6.45) is 3.84. The number of ether oxygens (including phenoxy) is 1. The quantitative estimate of drug-likeness (QED) is 0.143. The molecule has 2 aliphatic rings. The van der Waals surface area contributed by atoms with Crippen LogP contribution < -0.4 is 4.74 Å². The van der Waals surface area contributed by atoms with Crippen LogP contribution >= 0.6 is 0 Å². The van der Waals surface area contributed by atoms with E-state index in [-0.39, 0.29) is 29.2 Å². The maximum atomic E-state index is 14.4. The van der Waals surface area contributed by atoms with E-state index in [2.05, 4.69) is 18.6 Å². The van der Waals surface area contributed by atoms with Crippen molar-refractivity contribution in [2.24, 2.45) is 11.8 Å². The molecule has 6 rings (SSSR count). The van der Waals surface area contributed by atoms with Crippen LogP contribution in [0.4, 0.5) is 43.9 Å². The first-order valence-electron chi connectivity index (χ1n) is 16.6. The van der Waals surface area contributed by atoms with E-state index in [1.807, 2.05) is 0 Å². The number of rotatable bonds is 6. The van der Waals surface area contributed by atoms with Gasteiger partial charge in [-0.15, -0.1) is 0 Å². The van der Waals surface area contributed by atoms with Gasteiger partial charge in [-0.2, -0.15) is 8.78 Å². The van der Waals surface area contributed by atoms with Gasteiger partial charge in [-0.05, 0) is 96.4 Å². The van der Waals surface area contributed by atoms with Crippen LogP contribution in [0, 0.1) is 58.4 Å². The van der Waals surface area contributed by atoms with Crippen LogP contribution in [0.3, 0.4) is 0 Å². The van der Waals surface area contributed by atoms with Gasteiger partial charge in [-0.25, -0.2) is 35.1 Å². The first-order valence-corrected chi connectivity index (χ1v) is 16.6. The molecule has 0 atom stereocenters. The Morgan fingerprint density at radius 2 is 0.920 bits per heavy atom. The molecule has 0 radical (unpaired) electrons. The van der Waals surface area contributed by atoms with Crippen LogP contribution in [0.25, 0.3) is 11.1 Å². The highest BCUT2D eigenvalue weighted by atomic mass is 19.3. The predicted octanol–water partition coefficient (Wildman–Crippen LogP) is 12.9. The molecule has 4 aromatic carbocycles. The van der Waals surface area contributed by atoms with Crippen LogP contribution in [-0.2, 0) is 6.11 Å². The first-order chi connectivity index (χ1) is 23.6. The number of hydrogen-bond acceptors (Lipinski definition) is 1. The van der Waals surface area contributed by atoms with Crippen molar-refractivity contribution in [3.05, 3.63) is 124 Å². The van der Waals surface area contributed by atoms with E-state index >= 15 is 0 Å². The lowest BCUT2D eigenvalue weighted by Gasteiger charge is -2.27. The average molecular weight is 711 g/mol. The third-order valence-corrected chi connectivity index (χ3v) is 9.77.